The largest absolute Gasteiger partial charge is 0.481 e. The molecule has 1 aliphatic carbocycles. The van der Waals surface area contributed by atoms with Gasteiger partial charge in [-0.15, -0.1) is 0 Å². The van der Waals surface area contributed by atoms with Crippen LogP contribution in [-0.2, 0) is 9.59 Å². The number of carboxylic acids is 2. The molecule has 0 spiro atoms. The van der Waals surface area contributed by atoms with Crippen LogP contribution in [0.15, 0.2) is 12.2 Å². The first-order valence-electron chi connectivity index (χ1n) is 10.4. The summed E-state index contributed by atoms with van der Waals surface area (Å²) in [6.45, 7) is 6.32. The van der Waals surface area contributed by atoms with Crippen LogP contribution in [-0.4, -0.2) is 22.2 Å². The molecule has 0 saturated carbocycles. The third-order valence-electron chi connectivity index (χ3n) is 6.32. The van der Waals surface area contributed by atoms with E-state index in [1.54, 1.807) is 0 Å². The van der Waals surface area contributed by atoms with E-state index in [1.165, 1.54) is 32.1 Å². The van der Waals surface area contributed by atoms with Crippen molar-refractivity contribution in [1.29, 1.82) is 0 Å². The number of aliphatic carboxylic acids is 2. The maximum absolute atomic E-state index is 12.2. The van der Waals surface area contributed by atoms with E-state index in [2.05, 4.69) is 13.8 Å². The summed E-state index contributed by atoms with van der Waals surface area (Å²) in [5.41, 5.74) is -2.34. The first kappa shape index (κ1) is 22.7. The first-order valence-corrected chi connectivity index (χ1v) is 10.4. The number of hydrogen-bond acceptors (Lipinski definition) is 2. The second-order valence-corrected chi connectivity index (χ2v) is 8.42. The van der Waals surface area contributed by atoms with Gasteiger partial charge in [0, 0.05) is 0 Å². The van der Waals surface area contributed by atoms with Crippen LogP contribution >= 0.6 is 0 Å². The van der Waals surface area contributed by atoms with Crippen molar-refractivity contribution < 1.29 is 19.8 Å². The molecule has 0 amide bonds. The number of unbranched alkanes of at least 4 members (excludes halogenated alkanes) is 6. The molecule has 1 aliphatic rings. The van der Waals surface area contributed by atoms with Crippen LogP contribution in [0.25, 0.3) is 0 Å². The molecule has 0 aliphatic heterocycles. The van der Waals surface area contributed by atoms with Crippen molar-refractivity contribution in [3.05, 3.63) is 12.2 Å². The third-order valence-corrected chi connectivity index (χ3v) is 6.32. The summed E-state index contributed by atoms with van der Waals surface area (Å²) in [5, 5.41) is 19.8. The lowest BCUT2D eigenvalue weighted by atomic mass is 9.54. The molecule has 26 heavy (non-hydrogen) atoms. The molecule has 4 heteroatoms. The zero-order valence-corrected chi connectivity index (χ0v) is 16.9. The van der Waals surface area contributed by atoms with Crippen molar-refractivity contribution in [3.63, 3.8) is 0 Å². The van der Waals surface area contributed by atoms with Crippen LogP contribution in [0.5, 0.6) is 0 Å². The van der Waals surface area contributed by atoms with E-state index < -0.39 is 22.8 Å². The Morgan fingerprint density at radius 3 is 1.77 bits per heavy atom. The van der Waals surface area contributed by atoms with E-state index in [9.17, 15) is 19.8 Å². The molecule has 0 bridgehead atoms. The van der Waals surface area contributed by atoms with Crippen molar-refractivity contribution in [2.75, 3.05) is 0 Å². The lowest BCUT2D eigenvalue weighted by molar-refractivity contribution is -0.176. The monoisotopic (exact) mass is 366 g/mol. The molecule has 0 heterocycles. The second kappa shape index (κ2) is 10.7. The van der Waals surface area contributed by atoms with E-state index in [-0.39, 0.29) is 0 Å². The van der Waals surface area contributed by atoms with E-state index in [0.717, 1.165) is 25.2 Å². The normalized spacial score (nSPS) is 25.5. The standard InChI is InChI=1S/C22H38O4/c1-4-21(19(23)24)15-12-13-17-22(21,20(25)26)16-11-9-7-5-6-8-10-14-18(2)3/h12-13,18H,4-11,14-17H2,1-3H3,(H,23,24)(H,25,26). The van der Waals surface area contributed by atoms with Crippen LogP contribution < -0.4 is 0 Å². The van der Waals surface area contributed by atoms with Gasteiger partial charge in [-0.05, 0) is 31.6 Å². The Bertz CT molecular complexity index is 483. The number of carbonyl (C=O) groups is 2. The number of allylic oxidation sites excluding steroid dienone is 2. The molecule has 0 fully saturated rings. The summed E-state index contributed by atoms with van der Waals surface area (Å²) in [4.78, 5) is 24.2. The molecule has 0 radical (unpaired) electrons. The van der Waals surface area contributed by atoms with Gasteiger partial charge in [-0.1, -0.05) is 84.3 Å². The van der Waals surface area contributed by atoms with E-state index in [0.29, 0.717) is 25.7 Å². The van der Waals surface area contributed by atoms with E-state index in [1.807, 2.05) is 19.1 Å². The molecule has 0 aromatic heterocycles. The highest BCUT2D eigenvalue weighted by Gasteiger charge is 2.59. The van der Waals surface area contributed by atoms with Crippen molar-refractivity contribution in [3.8, 4) is 0 Å². The Morgan fingerprint density at radius 1 is 0.846 bits per heavy atom. The maximum Gasteiger partial charge on any atom is 0.311 e. The fourth-order valence-electron chi connectivity index (χ4n) is 4.49. The highest BCUT2D eigenvalue weighted by molar-refractivity contribution is 5.87. The zero-order valence-electron chi connectivity index (χ0n) is 16.9. The molecule has 4 nitrogen and oxygen atoms in total. The number of rotatable bonds is 13. The molecule has 1 rings (SSSR count). The minimum Gasteiger partial charge on any atom is -0.481 e. The molecule has 0 saturated heterocycles. The lowest BCUT2D eigenvalue weighted by Gasteiger charge is -2.46. The van der Waals surface area contributed by atoms with Crippen molar-refractivity contribution in [2.45, 2.75) is 97.8 Å². The van der Waals surface area contributed by atoms with Gasteiger partial charge in [0.05, 0.1) is 10.8 Å². The van der Waals surface area contributed by atoms with Gasteiger partial charge in [-0.2, -0.15) is 0 Å². The van der Waals surface area contributed by atoms with Crippen molar-refractivity contribution >= 4 is 11.9 Å². The van der Waals surface area contributed by atoms with Gasteiger partial charge in [-0.25, -0.2) is 0 Å². The molecule has 2 atom stereocenters. The van der Waals surface area contributed by atoms with Crippen LogP contribution in [0.2, 0.25) is 0 Å². The van der Waals surface area contributed by atoms with Crippen molar-refractivity contribution in [2.24, 2.45) is 16.7 Å². The molecule has 150 valence electrons. The molecule has 2 N–H and O–H groups in total. The highest BCUT2D eigenvalue weighted by atomic mass is 16.4. The van der Waals surface area contributed by atoms with Gasteiger partial charge in [0.1, 0.15) is 0 Å². The average molecular weight is 367 g/mol. The number of hydrogen-bond donors (Lipinski definition) is 2. The lowest BCUT2D eigenvalue weighted by Crippen LogP contribution is -2.53. The summed E-state index contributed by atoms with van der Waals surface area (Å²) >= 11 is 0. The van der Waals surface area contributed by atoms with E-state index >= 15 is 0 Å². The minimum absolute atomic E-state index is 0.320. The molecule has 2 unspecified atom stereocenters. The molecule has 0 aromatic carbocycles. The van der Waals surface area contributed by atoms with Gasteiger partial charge in [-0.3, -0.25) is 9.59 Å². The Hall–Kier alpha value is -1.32. The zero-order chi connectivity index (χ0) is 19.6. The third kappa shape index (κ3) is 5.34. The summed E-state index contributed by atoms with van der Waals surface area (Å²) in [6.07, 6.45) is 14.4. The topological polar surface area (TPSA) is 74.6 Å². The fraction of sp³-hybridized carbons (Fsp3) is 0.818. The number of carboxylic acid groups (broad SMARTS) is 2. The summed E-state index contributed by atoms with van der Waals surface area (Å²) < 4.78 is 0. The van der Waals surface area contributed by atoms with Crippen LogP contribution in [0.3, 0.4) is 0 Å². The first-order chi connectivity index (χ1) is 12.3. The molecule has 0 aromatic rings. The van der Waals surface area contributed by atoms with E-state index in [4.69, 9.17) is 0 Å². The quantitative estimate of drug-likeness (QED) is 0.307. The van der Waals surface area contributed by atoms with Gasteiger partial charge >= 0.3 is 11.9 Å². The Labute approximate surface area is 159 Å². The van der Waals surface area contributed by atoms with Gasteiger partial charge in [0.25, 0.3) is 0 Å². The molecular formula is C22H38O4. The van der Waals surface area contributed by atoms with Crippen LogP contribution in [0.1, 0.15) is 97.8 Å². The summed E-state index contributed by atoms with van der Waals surface area (Å²) in [6, 6.07) is 0. The average Bonchev–Trinajstić information content (AvgIpc) is 2.59. The minimum atomic E-state index is -1.18. The van der Waals surface area contributed by atoms with Gasteiger partial charge < -0.3 is 10.2 Å². The highest BCUT2D eigenvalue weighted by Crippen LogP contribution is 2.54. The Kier molecular flexibility index (Phi) is 9.38. The fourth-order valence-corrected chi connectivity index (χ4v) is 4.49. The summed E-state index contributed by atoms with van der Waals surface area (Å²) in [7, 11) is 0. The summed E-state index contributed by atoms with van der Waals surface area (Å²) in [5.74, 6) is -1.13. The van der Waals surface area contributed by atoms with Crippen molar-refractivity contribution in [1.82, 2.24) is 0 Å². The predicted octanol–water partition coefficient (Wildman–Crippen LogP) is 6.06. The maximum atomic E-state index is 12.2. The van der Waals surface area contributed by atoms with Crippen LogP contribution in [0, 0.1) is 16.7 Å². The Balaban J connectivity index is 2.52. The second-order valence-electron chi connectivity index (χ2n) is 8.42. The smallest absolute Gasteiger partial charge is 0.311 e. The Morgan fingerprint density at radius 2 is 1.31 bits per heavy atom. The van der Waals surface area contributed by atoms with Gasteiger partial charge in [0.15, 0.2) is 0 Å². The SMILES string of the molecule is CCC1(C(=O)O)CC=CCC1(CCCCCCCCCC(C)C)C(=O)O. The molecular weight excluding hydrogens is 328 g/mol. The van der Waals surface area contributed by atoms with Crippen LogP contribution in [0.4, 0.5) is 0 Å². The predicted molar refractivity (Wildman–Crippen MR) is 105 cm³/mol. The van der Waals surface area contributed by atoms with Gasteiger partial charge in [0.2, 0.25) is 0 Å².